The third-order valence-corrected chi connectivity index (χ3v) is 6.34. The van der Waals surface area contributed by atoms with Crippen LogP contribution in [0.1, 0.15) is 29.9 Å². The molecule has 0 saturated heterocycles. The van der Waals surface area contributed by atoms with Gasteiger partial charge in [0.2, 0.25) is 5.91 Å². The highest BCUT2D eigenvalue weighted by molar-refractivity contribution is 5.81. The van der Waals surface area contributed by atoms with Gasteiger partial charge in [-0.05, 0) is 49.2 Å². The van der Waals surface area contributed by atoms with Crippen LogP contribution in [0.15, 0.2) is 83.7 Å². The number of hydrogen-bond acceptors (Lipinski definition) is 6. The molecule has 2 atom stereocenters. The van der Waals surface area contributed by atoms with Gasteiger partial charge >= 0.3 is 0 Å². The molecule has 2 N–H and O–H groups in total. The van der Waals surface area contributed by atoms with E-state index in [0.717, 1.165) is 11.1 Å². The predicted molar refractivity (Wildman–Crippen MR) is 146 cm³/mol. The summed E-state index contributed by atoms with van der Waals surface area (Å²) in [6, 6.07) is 23.6. The summed E-state index contributed by atoms with van der Waals surface area (Å²) in [5.74, 6) is 1.03. The van der Waals surface area contributed by atoms with Crippen molar-refractivity contribution in [2.45, 2.75) is 39.0 Å². The third-order valence-electron chi connectivity index (χ3n) is 6.34. The van der Waals surface area contributed by atoms with Crippen LogP contribution in [0.2, 0.25) is 0 Å². The van der Waals surface area contributed by atoms with Crippen molar-refractivity contribution in [2.75, 3.05) is 19.8 Å². The molecule has 4 aromatic rings. The Labute approximate surface area is 221 Å². The van der Waals surface area contributed by atoms with Crippen molar-refractivity contribution in [1.29, 1.82) is 0 Å². The molecule has 198 valence electrons. The maximum Gasteiger partial charge on any atom is 0.261 e. The first-order chi connectivity index (χ1) is 18.5. The van der Waals surface area contributed by atoms with Crippen LogP contribution in [-0.2, 0) is 22.5 Å². The predicted octanol–water partition coefficient (Wildman–Crippen LogP) is 3.58. The monoisotopic (exact) mass is 515 g/mol. The fourth-order valence-corrected chi connectivity index (χ4v) is 4.35. The molecule has 0 aliphatic heterocycles. The van der Waals surface area contributed by atoms with Gasteiger partial charge in [-0.3, -0.25) is 14.2 Å². The Balaban J connectivity index is 1.35. The number of nitrogens with zero attached hydrogens (tertiary/aromatic N) is 2. The Morgan fingerprint density at radius 3 is 2.45 bits per heavy atom. The third kappa shape index (κ3) is 6.65. The molecule has 1 aromatic heterocycles. The molecule has 3 aromatic carbocycles. The normalized spacial score (nSPS) is 12.7. The van der Waals surface area contributed by atoms with Crippen LogP contribution < -0.4 is 15.6 Å². The summed E-state index contributed by atoms with van der Waals surface area (Å²) in [6.07, 6.45) is -0.315. The smallest absolute Gasteiger partial charge is 0.261 e. The number of para-hydroxylation sites is 1. The molecule has 8 nitrogen and oxygen atoms in total. The van der Waals surface area contributed by atoms with Crippen molar-refractivity contribution in [3.8, 4) is 5.75 Å². The second-order valence-corrected chi connectivity index (χ2v) is 8.93. The molecule has 8 heteroatoms. The van der Waals surface area contributed by atoms with Gasteiger partial charge in [0.05, 0.1) is 30.1 Å². The number of hydrogen-bond donors (Lipinski definition) is 2. The number of aryl methyl sites for hydroxylation is 1. The lowest BCUT2D eigenvalue weighted by Crippen LogP contribution is -2.41. The number of aliphatic hydroxyl groups is 1. The molecule has 1 heterocycles. The Morgan fingerprint density at radius 1 is 1.03 bits per heavy atom. The van der Waals surface area contributed by atoms with Crippen LogP contribution in [0.25, 0.3) is 10.9 Å². The zero-order valence-corrected chi connectivity index (χ0v) is 21.7. The van der Waals surface area contributed by atoms with Gasteiger partial charge in [0.15, 0.2) is 0 Å². The molecule has 0 bridgehead atoms. The zero-order valence-electron chi connectivity index (χ0n) is 21.7. The number of aromatic nitrogens is 2. The van der Waals surface area contributed by atoms with E-state index in [1.54, 1.807) is 10.6 Å². The number of benzene rings is 3. The lowest BCUT2D eigenvalue weighted by atomic mass is 10.0. The van der Waals surface area contributed by atoms with E-state index >= 15 is 0 Å². The fraction of sp³-hybridized carbons (Fsp3) is 0.300. The Bertz CT molecular complexity index is 1400. The van der Waals surface area contributed by atoms with E-state index in [1.165, 1.54) is 0 Å². The number of ether oxygens (including phenoxy) is 2. The number of fused-ring (bicyclic) bond motifs is 1. The first-order valence-electron chi connectivity index (χ1n) is 12.8. The van der Waals surface area contributed by atoms with E-state index in [4.69, 9.17) is 9.47 Å². The lowest BCUT2D eigenvalue weighted by Gasteiger charge is -2.22. The van der Waals surface area contributed by atoms with Crippen LogP contribution in [0.4, 0.5) is 0 Å². The Morgan fingerprint density at radius 2 is 1.74 bits per heavy atom. The van der Waals surface area contributed by atoms with Crippen molar-refractivity contribution in [3.05, 3.63) is 106 Å². The topological polar surface area (TPSA) is 103 Å². The van der Waals surface area contributed by atoms with Crippen molar-refractivity contribution in [1.82, 2.24) is 14.9 Å². The summed E-state index contributed by atoms with van der Waals surface area (Å²) in [5.41, 5.74) is 2.35. The number of nitrogens with one attached hydrogen (secondary N) is 1. The molecular weight excluding hydrogens is 482 g/mol. The van der Waals surface area contributed by atoms with Gasteiger partial charge in [0, 0.05) is 13.0 Å². The molecule has 38 heavy (non-hydrogen) atoms. The number of amides is 1. The highest BCUT2D eigenvalue weighted by atomic mass is 16.5. The Kier molecular flexibility index (Phi) is 9.24. The highest BCUT2D eigenvalue weighted by Gasteiger charge is 2.23. The molecule has 0 aliphatic rings. The minimum Gasteiger partial charge on any atom is -0.492 e. The standard InChI is InChI=1S/C30H33N3O5/c1-3-37-28(29(35)32-27(20-34)23-9-5-4-6-10-23)19-22-13-15-24(16-14-22)38-18-17-33-21(2)31-26-12-8-7-11-25(26)30(33)36/h4-16,27-28,34H,3,17-20H2,1-2H3,(H,32,35)/t27?,28-/m1/s1. The van der Waals surface area contributed by atoms with E-state index < -0.39 is 12.1 Å². The minimum atomic E-state index is -0.695. The Hall–Kier alpha value is -4.01. The molecule has 1 amide bonds. The number of aliphatic hydroxyl groups excluding tert-OH is 1. The fourth-order valence-electron chi connectivity index (χ4n) is 4.35. The molecule has 4 rings (SSSR count). The number of carbonyl (C=O) groups is 1. The highest BCUT2D eigenvalue weighted by Crippen LogP contribution is 2.17. The van der Waals surface area contributed by atoms with Crippen molar-refractivity contribution < 1.29 is 19.4 Å². The van der Waals surface area contributed by atoms with Gasteiger partial charge in [-0.15, -0.1) is 0 Å². The first-order valence-corrected chi connectivity index (χ1v) is 12.8. The van der Waals surface area contributed by atoms with E-state index in [0.29, 0.717) is 48.7 Å². The van der Waals surface area contributed by atoms with Crippen LogP contribution in [0, 0.1) is 6.92 Å². The van der Waals surface area contributed by atoms with Crippen LogP contribution >= 0.6 is 0 Å². The first kappa shape index (κ1) is 27.0. The molecule has 0 fully saturated rings. The van der Waals surface area contributed by atoms with Gasteiger partial charge in [-0.2, -0.15) is 0 Å². The summed E-state index contributed by atoms with van der Waals surface area (Å²) < 4.78 is 13.2. The van der Waals surface area contributed by atoms with E-state index in [1.807, 2.05) is 86.6 Å². The average Bonchev–Trinajstić information content (AvgIpc) is 2.94. The van der Waals surface area contributed by atoms with Crippen LogP contribution in [0.5, 0.6) is 5.75 Å². The van der Waals surface area contributed by atoms with Gasteiger partial charge in [-0.25, -0.2) is 4.98 Å². The zero-order chi connectivity index (χ0) is 26.9. The van der Waals surface area contributed by atoms with Crippen LogP contribution in [-0.4, -0.2) is 46.5 Å². The maximum atomic E-state index is 13.0. The largest absolute Gasteiger partial charge is 0.492 e. The quantitative estimate of drug-likeness (QED) is 0.299. The number of carbonyl (C=O) groups excluding carboxylic acids is 1. The summed E-state index contributed by atoms with van der Waals surface area (Å²) in [7, 11) is 0. The molecular formula is C30H33N3O5. The van der Waals surface area contributed by atoms with Gasteiger partial charge in [0.1, 0.15) is 24.3 Å². The van der Waals surface area contributed by atoms with Gasteiger partial charge < -0.3 is 19.9 Å². The number of rotatable bonds is 12. The van der Waals surface area contributed by atoms with Crippen molar-refractivity contribution in [2.24, 2.45) is 0 Å². The average molecular weight is 516 g/mol. The summed E-state index contributed by atoms with van der Waals surface area (Å²) in [5, 5.41) is 13.3. The SMILES string of the molecule is CCO[C@H](Cc1ccc(OCCn2c(C)nc3ccccc3c2=O)cc1)C(=O)NC(CO)c1ccccc1. The molecule has 0 saturated carbocycles. The van der Waals surface area contributed by atoms with Crippen LogP contribution in [0.3, 0.4) is 0 Å². The second-order valence-electron chi connectivity index (χ2n) is 8.93. The summed E-state index contributed by atoms with van der Waals surface area (Å²) in [6.45, 7) is 4.53. The van der Waals surface area contributed by atoms with Gasteiger partial charge in [-0.1, -0.05) is 54.6 Å². The van der Waals surface area contributed by atoms with Gasteiger partial charge in [0.25, 0.3) is 5.56 Å². The molecule has 0 aliphatic carbocycles. The molecule has 1 unspecified atom stereocenters. The molecule has 0 spiro atoms. The second kappa shape index (κ2) is 13.0. The minimum absolute atomic E-state index is 0.0806. The van der Waals surface area contributed by atoms with E-state index in [9.17, 15) is 14.7 Å². The van der Waals surface area contributed by atoms with Crippen molar-refractivity contribution >= 4 is 16.8 Å². The lowest BCUT2D eigenvalue weighted by molar-refractivity contribution is -0.133. The summed E-state index contributed by atoms with van der Waals surface area (Å²) >= 11 is 0. The molecule has 0 radical (unpaired) electrons. The summed E-state index contributed by atoms with van der Waals surface area (Å²) in [4.78, 5) is 30.3. The van der Waals surface area contributed by atoms with E-state index in [-0.39, 0.29) is 18.1 Å². The van der Waals surface area contributed by atoms with E-state index in [2.05, 4.69) is 10.3 Å². The maximum absolute atomic E-state index is 13.0. The van der Waals surface area contributed by atoms with Crippen molar-refractivity contribution in [3.63, 3.8) is 0 Å².